The van der Waals surface area contributed by atoms with Crippen molar-refractivity contribution in [2.45, 2.75) is 0 Å². The summed E-state index contributed by atoms with van der Waals surface area (Å²) < 4.78 is 6.85. The average molecular weight is 673 g/mol. The van der Waals surface area contributed by atoms with Gasteiger partial charge in [-0.3, -0.25) is 4.98 Å². The largest absolute Gasteiger partial charge is 0.455 e. The van der Waals surface area contributed by atoms with E-state index in [1.807, 2.05) is 6.20 Å². The lowest BCUT2D eigenvalue weighted by atomic mass is 9.91. The van der Waals surface area contributed by atoms with Crippen molar-refractivity contribution >= 4 is 97.6 Å². The van der Waals surface area contributed by atoms with Crippen molar-refractivity contribution in [2.24, 2.45) is 0 Å². The Morgan fingerprint density at radius 1 is 0.377 bits per heavy atom. The Morgan fingerprint density at radius 2 is 0.981 bits per heavy atom. The Labute approximate surface area is 303 Å². The fraction of sp³-hybridized carbons (Fsp3) is 0. The van der Waals surface area contributed by atoms with Crippen LogP contribution in [0.4, 0.5) is 0 Å². The Bertz CT molecular complexity index is 3520. The SMILES string of the molecule is c1cc(-c2cc3ccccc3c3c2oc2ccc4ccccc4c23)cc(-c2nc3c4ccccc4c4ccccc4c3c3ncc4ccccc4c23)c1. The molecule has 0 fully saturated rings. The van der Waals surface area contributed by atoms with E-state index in [1.54, 1.807) is 0 Å². The first-order valence-corrected chi connectivity index (χ1v) is 18.1. The second-order valence-corrected chi connectivity index (χ2v) is 14.0. The van der Waals surface area contributed by atoms with E-state index in [-0.39, 0.29) is 0 Å². The number of nitrogens with zero attached hydrogens (tertiary/aromatic N) is 2. The molecule has 0 aliphatic heterocycles. The summed E-state index contributed by atoms with van der Waals surface area (Å²) in [5.41, 5.74) is 7.82. The second kappa shape index (κ2) is 10.7. The molecule has 0 saturated heterocycles. The zero-order valence-corrected chi connectivity index (χ0v) is 28.5. The molecule has 3 nitrogen and oxygen atoms in total. The Morgan fingerprint density at radius 3 is 1.77 bits per heavy atom. The first-order valence-electron chi connectivity index (χ1n) is 18.1. The fourth-order valence-corrected chi connectivity index (χ4v) is 8.88. The van der Waals surface area contributed by atoms with Gasteiger partial charge in [0.15, 0.2) is 0 Å². The Hall–Kier alpha value is -7.10. The molecule has 0 unspecified atom stereocenters. The average Bonchev–Trinajstić information content (AvgIpc) is 3.64. The number of fused-ring (bicyclic) bond motifs is 17. The Balaban J connectivity index is 1.21. The maximum atomic E-state index is 6.85. The third kappa shape index (κ3) is 3.99. The summed E-state index contributed by atoms with van der Waals surface area (Å²) in [6.07, 6.45) is 2.01. The summed E-state index contributed by atoms with van der Waals surface area (Å²) in [6, 6.07) is 58.4. The van der Waals surface area contributed by atoms with Gasteiger partial charge in [-0.25, -0.2) is 4.98 Å². The van der Waals surface area contributed by atoms with Crippen LogP contribution >= 0.6 is 0 Å². The van der Waals surface area contributed by atoms with Crippen molar-refractivity contribution in [1.82, 2.24) is 9.97 Å². The molecule has 9 aromatic carbocycles. The van der Waals surface area contributed by atoms with Gasteiger partial charge in [-0.1, -0.05) is 146 Å². The number of pyridine rings is 2. The van der Waals surface area contributed by atoms with E-state index < -0.39 is 0 Å². The van der Waals surface area contributed by atoms with Crippen molar-refractivity contribution in [2.75, 3.05) is 0 Å². The van der Waals surface area contributed by atoms with Crippen LogP contribution in [0.1, 0.15) is 0 Å². The number of benzene rings is 9. The van der Waals surface area contributed by atoms with Crippen LogP contribution in [0.2, 0.25) is 0 Å². The minimum atomic E-state index is 0.895. The quantitative estimate of drug-likeness (QED) is 0.172. The number of aromatic nitrogens is 2. The van der Waals surface area contributed by atoms with E-state index in [0.29, 0.717) is 0 Å². The molecule has 3 heterocycles. The predicted octanol–water partition coefficient (Wildman–Crippen LogP) is 13.8. The maximum absolute atomic E-state index is 6.85. The van der Waals surface area contributed by atoms with Crippen LogP contribution in [0.15, 0.2) is 174 Å². The lowest BCUT2D eigenvalue weighted by Gasteiger charge is -2.16. The normalized spacial score (nSPS) is 12.2. The van der Waals surface area contributed by atoms with Gasteiger partial charge in [0.1, 0.15) is 11.2 Å². The topological polar surface area (TPSA) is 38.9 Å². The predicted molar refractivity (Wildman–Crippen MR) is 223 cm³/mol. The van der Waals surface area contributed by atoms with E-state index >= 15 is 0 Å². The number of furan rings is 1. The summed E-state index contributed by atoms with van der Waals surface area (Å²) in [6.45, 7) is 0. The smallest absolute Gasteiger partial charge is 0.143 e. The molecule has 0 aliphatic carbocycles. The highest BCUT2D eigenvalue weighted by molar-refractivity contribution is 6.33. The van der Waals surface area contributed by atoms with E-state index in [2.05, 4.69) is 164 Å². The molecule has 0 aliphatic rings. The Kier molecular flexibility index (Phi) is 5.77. The molecule has 0 N–H and O–H groups in total. The summed E-state index contributed by atoms with van der Waals surface area (Å²) >= 11 is 0. The lowest BCUT2D eigenvalue weighted by Crippen LogP contribution is -1.95. The molecule has 3 aromatic heterocycles. The van der Waals surface area contributed by atoms with Crippen LogP contribution in [0.5, 0.6) is 0 Å². The van der Waals surface area contributed by atoms with Crippen LogP contribution in [0.3, 0.4) is 0 Å². The molecular weight excluding hydrogens is 645 g/mol. The molecule has 3 heteroatoms. The number of rotatable bonds is 2. The first-order chi connectivity index (χ1) is 26.3. The monoisotopic (exact) mass is 672 g/mol. The van der Waals surface area contributed by atoms with Crippen LogP contribution in [0.25, 0.3) is 120 Å². The fourth-order valence-electron chi connectivity index (χ4n) is 8.88. The van der Waals surface area contributed by atoms with Gasteiger partial charge in [0.2, 0.25) is 0 Å². The molecule has 0 amide bonds. The molecular formula is C50H28N2O. The third-order valence-corrected chi connectivity index (χ3v) is 11.2. The van der Waals surface area contributed by atoms with E-state index in [9.17, 15) is 0 Å². The van der Waals surface area contributed by atoms with Crippen molar-refractivity contribution < 1.29 is 4.42 Å². The van der Waals surface area contributed by atoms with Crippen LogP contribution in [-0.2, 0) is 0 Å². The van der Waals surface area contributed by atoms with Crippen LogP contribution in [-0.4, -0.2) is 9.97 Å². The molecule has 53 heavy (non-hydrogen) atoms. The van der Waals surface area contributed by atoms with Gasteiger partial charge in [-0.2, -0.15) is 0 Å². The summed E-state index contributed by atoms with van der Waals surface area (Å²) in [7, 11) is 0. The van der Waals surface area contributed by atoms with E-state index in [1.165, 1.54) is 32.3 Å². The zero-order valence-electron chi connectivity index (χ0n) is 28.5. The lowest BCUT2D eigenvalue weighted by molar-refractivity contribution is 0.670. The van der Waals surface area contributed by atoms with Gasteiger partial charge in [0.05, 0.1) is 16.7 Å². The van der Waals surface area contributed by atoms with Gasteiger partial charge in [-0.05, 0) is 66.9 Å². The minimum Gasteiger partial charge on any atom is -0.455 e. The summed E-state index contributed by atoms with van der Waals surface area (Å²) in [4.78, 5) is 10.9. The van der Waals surface area contributed by atoms with Crippen LogP contribution < -0.4 is 0 Å². The zero-order chi connectivity index (χ0) is 34.6. The van der Waals surface area contributed by atoms with Gasteiger partial charge in [-0.15, -0.1) is 0 Å². The van der Waals surface area contributed by atoms with Gasteiger partial charge >= 0.3 is 0 Å². The van der Waals surface area contributed by atoms with E-state index in [4.69, 9.17) is 14.4 Å². The molecule has 0 spiro atoms. The van der Waals surface area contributed by atoms with Gasteiger partial charge in [0, 0.05) is 49.6 Å². The first kappa shape index (κ1) is 28.6. The molecule has 0 atom stereocenters. The second-order valence-electron chi connectivity index (χ2n) is 14.0. The highest BCUT2D eigenvalue weighted by Crippen LogP contribution is 2.46. The number of hydrogen-bond acceptors (Lipinski definition) is 3. The van der Waals surface area contributed by atoms with Crippen molar-refractivity contribution in [3.05, 3.63) is 170 Å². The minimum absolute atomic E-state index is 0.895. The molecule has 244 valence electrons. The van der Waals surface area contributed by atoms with Crippen LogP contribution in [0, 0.1) is 0 Å². The van der Waals surface area contributed by atoms with Crippen molar-refractivity contribution in [3.63, 3.8) is 0 Å². The molecule has 0 bridgehead atoms. The molecule has 12 aromatic rings. The van der Waals surface area contributed by atoms with Gasteiger partial charge < -0.3 is 4.42 Å². The highest BCUT2D eigenvalue weighted by atomic mass is 16.3. The highest BCUT2D eigenvalue weighted by Gasteiger charge is 2.21. The summed E-state index contributed by atoms with van der Waals surface area (Å²) in [5, 5.41) is 16.2. The summed E-state index contributed by atoms with van der Waals surface area (Å²) in [5.74, 6) is 0. The maximum Gasteiger partial charge on any atom is 0.143 e. The molecule has 12 rings (SSSR count). The molecule has 0 saturated carbocycles. The van der Waals surface area contributed by atoms with Crippen molar-refractivity contribution in [3.8, 4) is 22.4 Å². The van der Waals surface area contributed by atoms with Gasteiger partial charge in [0.25, 0.3) is 0 Å². The van der Waals surface area contributed by atoms with Crippen molar-refractivity contribution in [1.29, 1.82) is 0 Å². The third-order valence-electron chi connectivity index (χ3n) is 11.2. The standard InChI is InChI=1S/C50H28N2O/c1-4-17-34-29(12-1)24-25-42-43(34)44-35-18-5-2-13-31(35)27-41(50(44)53-42)30-15-11-16-32(26-30)47-45-36-19-6-3-14-33(36)28-51-49(45)46-39-22-9-7-20-37(39)38-21-8-10-23-40(38)48(46)52-47/h1-28H. The molecule has 0 radical (unpaired) electrons. The van der Waals surface area contributed by atoms with E-state index in [0.717, 1.165) is 87.7 Å². The number of hydrogen-bond donors (Lipinski definition) is 0.